The van der Waals surface area contributed by atoms with E-state index in [1.165, 1.54) is 60.7 Å². The van der Waals surface area contributed by atoms with Crippen LogP contribution in [-0.2, 0) is 44.8 Å². The van der Waals surface area contributed by atoms with Crippen LogP contribution in [0.2, 0.25) is 0 Å². The summed E-state index contributed by atoms with van der Waals surface area (Å²) in [6, 6.07) is 22.0. The number of nitrogens with zero attached hydrogens (tertiary/aromatic N) is 10. The Labute approximate surface area is 465 Å². The molecule has 2 fully saturated rings. The van der Waals surface area contributed by atoms with Gasteiger partial charge in [-0.05, 0) is 126 Å². The predicted molar refractivity (Wildman–Crippen MR) is 298 cm³/mol. The van der Waals surface area contributed by atoms with Gasteiger partial charge < -0.3 is 20.1 Å². The number of halogens is 6. The van der Waals surface area contributed by atoms with Gasteiger partial charge in [-0.3, -0.25) is 19.8 Å². The predicted octanol–water partition coefficient (Wildman–Crippen LogP) is 12.2. The molecule has 16 nitrogen and oxygen atoms in total. The van der Waals surface area contributed by atoms with Crippen LogP contribution in [0.25, 0.3) is 44.6 Å². The van der Waals surface area contributed by atoms with E-state index < -0.39 is 38.6 Å². The lowest BCUT2D eigenvalue weighted by Crippen LogP contribution is -2.45. The van der Waals surface area contributed by atoms with Gasteiger partial charge in [-0.1, -0.05) is 26.0 Å². The van der Waals surface area contributed by atoms with Crippen molar-refractivity contribution in [2.75, 3.05) is 36.8 Å². The van der Waals surface area contributed by atoms with Gasteiger partial charge in [-0.2, -0.15) is 26.3 Å². The number of nitrogens with one attached hydrogen (secondary N) is 2. The number of rotatable bonds is 13. The summed E-state index contributed by atoms with van der Waals surface area (Å²) in [5.41, 5.74) is 2.47. The number of anilines is 4. The third kappa shape index (κ3) is 14.1. The number of hydrogen-bond acceptors (Lipinski definition) is 16. The maximum atomic E-state index is 13.7. The van der Waals surface area contributed by atoms with Crippen molar-refractivity contribution < 1.29 is 44.2 Å². The van der Waals surface area contributed by atoms with Gasteiger partial charge in [0.1, 0.15) is 22.7 Å². The minimum Gasteiger partial charge on any atom is -0.373 e. The SMILES string of the molecule is CC(C)c1ccc(Nc2nc(CN3C[C@@H](C)O[C@@H](C)C3)nc3cc(-c4ncccc4C(F)(F)F)cnc23)cc1.CC1CN(Cc2nc(Nc3ccc(S(=O)(=O)C(C)C)cc3)c3ncc(-c4ncccc4C(F)(F)F)cc3n2)CC(C)O1. The topological polar surface area (TPSA) is 186 Å². The highest BCUT2D eigenvalue weighted by molar-refractivity contribution is 7.92. The van der Waals surface area contributed by atoms with Gasteiger partial charge in [0.2, 0.25) is 0 Å². The van der Waals surface area contributed by atoms with Crippen molar-refractivity contribution in [2.45, 2.75) is 121 Å². The van der Waals surface area contributed by atoms with E-state index in [0.717, 1.165) is 30.9 Å². The van der Waals surface area contributed by atoms with Crippen LogP contribution in [-0.4, -0.2) is 114 Å². The van der Waals surface area contributed by atoms with Gasteiger partial charge >= 0.3 is 12.4 Å². The second-order valence-corrected chi connectivity index (χ2v) is 23.5. The molecule has 2 N–H and O–H groups in total. The highest BCUT2D eigenvalue weighted by Crippen LogP contribution is 2.39. The Hall–Kier alpha value is -7.31. The second kappa shape index (κ2) is 24.0. The van der Waals surface area contributed by atoms with E-state index in [0.29, 0.717) is 83.1 Å². The highest BCUT2D eigenvalue weighted by Gasteiger charge is 2.36. The lowest BCUT2D eigenvalue weighted by molar-refractivity contribution is -0.138. The first-order valence-corrected chi connectivity index (χ1v) is 28.0. The monoisotopic (exact) mass is 1140 g/mol. The van der Waals surface area contributed by atoms with E-state index in [2.05, 4.69) is 71.3 Å². The summed E-state index contributed by atoms with van der Waals surface area (Å²) >= 11 is 0. The molecule has 81 heavy (non-hydrogen) atoms. The number of sulfone groups is 1. The van der Waals surface area contributed by atoms with E-state index in [9.17, 15) is 34.8 Å². The fourth-order valence-electron chi connectivity index (χ4n) is 9.89. The maximum Gasteiger partial charge on any atom is 0.418 e. The molecular weight excluding hydrogens is 1070 g/mol. The summed E-state index contributed by atoms with van der Waals surface area (Å²) < 4.78 is 119. The van der Waals surface area contributed by atoms with Crippen LogP contribution >= 0.6 is 0 Å². The first-order valence-electron chi connectivity index (χ1n) is 26.5. The zero-order valence-corrected chi connectivity index (χ0v) is 46.7. The molecule has 2 aliphatic heterocycles. The third-order valence-electron chi connectivity index (χ3n) is 13.6. The van der Waals surface area contributed by atoms with Crippen molar-refractivity contribution in [3.05, 3.63) is 138 Å². The number of ether oxygens (including phenoxy) is 2. The molecular formula is C58H62F6N12O4S. The standard InChI is InChI=1S/C29H31F3N6O3S.C29H31F3N6O/c1-17(2)42(39,40)22-9-7-21(8-10-22)35-28-27-24(36-25(37-28)16-38-14-18(3)41-19(4)15-38)12-20(13-34-27)26-23(29(30,31)32)6-5-11-33-26;1-17(2)20-7-9-22(10-8-20)35-28-27-24(36-25(37-28)16-38-14-18(3)39-19(4)15-38)12-21(13-34-27)26-23(29(30,31)32)6-5-11-33-26/h5-13,17-19H,14-16H2,1-4H3,(H,35,36,37);5-13,17-19H,14-16H2,1-4H3,(H,35,36,37)/t;18-,19+. The number of hydrogen-bond donors (Lipinski definition) is 2. The van der Waals surface area contributed by atoms with Crippen LogP contribution in [0.4, 0.5) is 49.4 Å². The van der Waals surface area contributed by atoms with E-state index in [4.69, 9.17) is 24.4 Å². The average Bonchev–Trinajstić information content (AvgIpc) is 3.51. The van der Waals surface area contributed by atoms with Gasteiger partial charge in [0.05, 0.1) is 81.2 Å². The van der Waals surface area contributed by atoms with Crippen molar-refractivity contribution in [2.24, 2.45) is 0 Å². The summed E-state index contributed by atoms with van der Waals surface area (Å²) in [5, 5.41) is 5.98. The molecule has 0 radical (unpaired) electrons. The molecule has 0 bridgehead atoms. The zero-order chi connectivity index (χ0) is 58.0. The summed E-state index contributed by atoms with van der Waals surface area (Å²) in [5.74, 6) is 2.22. The Morgan fingerprint density at radius 1 is 0.568 bits per heavy atom. The number of alkyl halides is 6. The molecule has 426 valence electrons. The molecule has 8 aromatic rings. The molecule has 0 aliphatic carbocycles. The Kier molecular flexibility index (Phi) is 17.3. The van der Waals surface area contributed by atoms with E-state index >= 15 is 0 Å². The Bertz CT molecular complexity index is 3610. The van der Waals surface area contributed by atoms with E-state index in [-0.39, 0.29) is 51.8 Å². The fraction of sp³-hybridized carbons (Fsp3) is 0.379. The Balaban J connectivity index is 0.000000196. The van der Waals surface area contributed by atoms with Gasteiger partial charge in [0, 0.05) is 73.5 Å². The molecule has 0 amide bonds. The van der Waals surface area contributed by atoms with Crippen LogP contribution in [0.15, 0.2) is 115 Å². The van der Waals surface area contributed by atoms with E-state index in [1.54, 1.807) is 32.0 Å². The van der Waals surface area contributed by atoms with Crippen molar-refractivity contribution in [1.82, 2.24) is 49.7 Å². The minimum absolute atomic E-state index is 0.0191. The number of fused-ring (bicyclic) bond motifs is 2. The number of aromatic nitrogens is 8. The van der Waals surface area contributed by atoms with Gasteiger partial charge in [0.15, 0.2) is 21.5 Å². The molecule has 23 heteroatoms. The largest absolute Gasteiger partial charge is 0.418 e. The maximum absolute atomic E-state index is 13.7. The molecule has 2 unspecified atom stereocenters. The van der Waals surface area contributed by atoms with Crippen LogP contribution in [0.3, 0.4) is 0 Å². The fourth-order valence-corrected chi connectivity index (χ4v) is 10.9. The summed E-state index contributed by atoms with van der Waals surface area (Å²) in [4.78, 5) is 40.5. The molecule has 8 heterocycles. The number of pyridine rings is 4. The quantitative estimate of drug-likeness (QED) is 0.104. The first-order chi connectivity index (χ1) is 38.4. The third-order valence-corrected chi connectivity index (χ3v) is 15.7. The average molecular weight is 1140 g/mol. The van der Waals surface area contributed by atoms with Crippen molar-refractivity contribution in [1.29, 1.82) is 0 Å². The van der Waals surface area contributed by atoms with Crippen molar-refractivity contribution in [3.8, 4) is 22.5 Å². The summed E-state index contributed by atoms with van der Waals surface area (Å²) in [6.07, 6.45) is -3.61. The van der Waals surface area contributed by atoms with Crippen molar-refractivity contribution >= 4 is 54.9 Å². The Morgan fingerprint density at radius 3 is 1.33 bits per heavy atom. The molecule has 0 spiro atoms. The summed E-state index contributed by atoms with van der Waals surface area (Å²) in [6.45, 7) is 19.2. The molecule has 0 saturated carbocycles. The molecule has 6 aromatic heterocycles. The highest BCUT2D eigenvalue weighted by atomic mass is 32.2. The van der Waals surface area contributed by atoms with Crippen LogP contribution < -0.4 is 10.6 Å². The van der Waals surface area contributed by atoms with Crippen LogP contribution in [0.5, 0.6) is 0 Å². The number of morpholine rings is 2. The molecule has 2 aromatic carbocycles. The molecule has 2 saturated heterocycles. The lowest BCUT2D eigenvalue weighted by Gasteiger charge is -2.34. The van der Waals surface area contributed by atoms with Gasteiger partial charge in [-0.25, -0.2) is 38.3 Å². The van der Waals surface area contributed by atoms with Gasteiger partial charge in [0.25, 0.3) is 0 Å². The van der Waals surface area contributed by atoms with Gasteiger partial charge in [-0.15, -0.1) is 0 Å². The Morgan fingerprint density at radius 2 is 0.963 bits per heavy atom. The molecule has 10 rings (SSSR count). The normalized spacial score (nSPS) is 18.5. The van der Waals surface area contributed by atoms with Crippen LogP contribution in [0.1, 0.15) is 89.6 Å². The summed E-state index contributed by atoms with van der Waals surface area (Å²) in [7, 11) is -3.45. The minimum atomic E-state index is -4.60. The van der Waals surface area contributed by atoms with Crippen molar-refractivity contribution in [3.63, 3.8) is 0 Å². The second-order valence-electron chi connectivity index (χ2n) is 21.0. The lowest BCUT2D eigenvalue weighted by atomic mass is 10.0. The first kappa shape index (κ1) is 58.3. The smallest absolute Gasteiger partial charge is 0.373 e. The molecule has 4 atom stereocenters. The number of benzene rings is 2. The molecule has 2 aliphatic rings. The zero-order valence-electron chi connectivity index (χ0n) is 45.9. The van der Waals surface area contributed by atoms with E-state index in [1.807, 2.05) is 39.8 Å². The van der Waals surface area contributed by atoms with Crippen LogP contribution in [0, 0.1) is 0 Å².